The molecule has 4 heteroatoms. The SMILES string of the molecule is [2H]C([2H])([2H])OC(=O)N[C@H]1CCNC1. The molecule has 1 heterocycles. The van der Waals surface area contributed by atoms with Crippen LogP contribution in [-0.4, -0.2) is 32.3 Å². The second-order valence-corrected chi connectivity index (χ2v) is 2.22. The van der Waals surface area contributed by atoms with E-state index in [0.717, 1.165) is 13.0 Å². The Kier molecular flexibility index (Phi) is 1.43. The molecule has 0 aromatic carbocycles. The van der Waals surface area contributed by atoms with Crippen LogP contribution in [0.4, 0.5) is 4.79 Å². The molecule has 10 heavy (non-hydrogen) atoms. The Balaban J connectivity index is 2.24. The van der Waals surface area contributed by atoms with Gasteiger partial charge in [0.25, 0.3) is 0 Å². The summed E-state index contributed by atoms with van der Waals surface area (Å²) in [6.45, 7) is 1.49. The van der Waals surface area contributed by atoms with Crippen molar-refractivity contribution in [2.45, 2.75) is 12.5 Å². The van der Waals surface area contributed by atoms with Crippen molar-refractivity contribution in [3.63, 3.8) is 0 Å². The zero-order valence-electron chi connectivity index (χ0n) is 8.52. The lowest BCUT2D eigenvalue weighted by molar-refractivity contribution is 0.167. The summed E-state index contributed by atoms with van der Waals surface area (Å²) >= 11 is 0. The molecule has 0 aliphatic carbocycles. The molecule has 0 unspecified atom stereocenters. The second kappa shape index (κ2) is 3.41. The van der Waals surface area contributed by atoms with Crippen molar-refractivity contribution in [2.75, 3.05) is 20.1 Å². The van der Waals surface area contributed by atoms with Crippen molar-refractivity contribution in [1.29, 1.82) is 0 Å². The summed E-state index contributed by atoms with van der Waals surface area (Å²) < 4.78 is 24.1. The highest BCUT2D eigenvalue weighted by Crippen LogP contribution is 1.96. The van der Waals surface area contributed by atoms with Crippen LogP contribution in [0.15, 0.2) is 0 Å². The number of hydrogen-bond acceptors (Lipinski definition) is 3. The number of ether oxygens (including phenoxy) is 1. The van der Waals surface area contributed by atoms with Crippen LogP contribution in [-0.2, 0) is 4.74 Å². The molecule has 1 saturated heterocycles. The number of carbonyl (C=O) groups excluding carboxylic acids is 1. The van der Waals surface area contributed by atoms with Gasteiger partial charge in [-0.15, -0.1) is 0 Å². The number of nitrogens with one attached hydrogen (secondary N) is 2. The predicted octanol–water partition coefficient (Wildman–Crippen LogP) is -0.296. The molecular formula is C6H12N2O2. The Labute approximate surface area is 64.1 Å². The summed E-state index contributed by atoms with van der Waals surface area (Å²) in [6.07, 6.45) is -0.0791. The van der Waals surface area contributed by atoms with Crippen LogP contribution >= 0.6 is 0 Å². The van der Waals surface area contributed by atoms with E-state index in [2.05, 4.69) is 15.4 Å². The van der Waals surface area contributed by atoms with Gasteiger partial charge < -0.3 is 15.4 Å². The van der Waals surface area contributed by atoms with Crippen LogP contribution in [0.2, 0.25) is 0 Å². The predicted molar refractivity (Wildman–Crippen MR) is 36.8 cm³/mol. The van der Waals surface area contributed by atoms with Gasteiger partial charge in [0.15, 0.2) is 0 Å². The summed E-state index contributed by atoms with van der Waals surface area (Å²) in [6, 6.07) is -0.0187. The van der Waals surface area contributed by atoms with E-state index in [1.807, 2.05) is 0 Å². The van der Waals surface area contributed by atoms with Crippen LogP contribution in [0.3, 0.4) is 0 Å². The Morgan fingerprint density at radius 1 is 2.00 bits per heavy atom. The van der Waals surface area contributed by atoms with Gasteiger partial charge in [0.1, 0.15) is 0 Å². The third-order valence-corrected chi connectivity index (χ3v) is 1.47. The molecule has 0 aromatic heterocycles. The number of carbonyl (C=O) groups is 1. The lowest BCUT2D eigenvalue weighted by Crippen LogP contribution is -2.35. The Morgan fingerprint density at radius 2 is 2.90 bits per heavy atom. The molecule has 1 rings (SSSR count). The fourth-order valence-corrected chi connectivity index (χ4v) is 0.974. The number of methoxy groups -OCH3 is 1. The lowest BCUT2D eigenvalue weighted by Gasteiger charge is -2.08. The van der Waals surface area contributed by atoms with E-state index in [4.69, 9.17) is 4.11 Å². The summed E-state index contributed by atoms with van der Waals surface area (Å²) in [4.78, 5) is 10.9. The average molecular weight is 147 g/mol. The topological polar surface area (TPSA) is 50.4 Å². The fourth-order valence-electron chi connectivity index (χ4n) is 0.974. The molecule has 1 atom stereocenters. The number of rotatable bonds is 1. The molecule has 1 amide bonds. The molecule has 1 fully saturated rings. The third-order valence-electron chi connectivity index (χ3n) is 1.47. The van der Waals surface area contributed by atoms with Gasteiger partial charge in [0, 0.05) is 12.6 Å². The molecule has 0 saturated carbocycles. The molecule has 1 aliphatic heterocycles. The molecule has 1 aliphatic rings. The van der Waals surface area contributed by atoms with E-state index < -0.39 is 13.1 Å². The summed E-state index contributed by atoms with van der Waals surface area (Å²) in [7, 11) is -2.66. The molecular weight excluding hydrogens is 132 g/mol. The van der Waals surface area contributed by atoms with E-state index in [1.54, 1.807) is 0 Å². The summed E-state index contributed by atoms with van der Waals surface area (Å²) in [5.41, 5.74) is 0. The highest BCUT2D eigenvalue weighted by Gasteiger charge is 2.15. The van der Waals surface area contributed by atoms with Gasteiger partial charge in [-0.25, -0.2) is 4.79 Å². The van der Waals surface area contributed by atoms with Gasteiger partial charge in [-0.3, -0.25) is 0 Å². The average Bonchev–Trinajstić information content (AvgIpc) is 2.34. The van der Waals surface area contributed by atoms with Crippen molar-refractivity contribution in [3.8, 4) is 0 Å². The molecule has 0 spiro atoms. The zero-order valence-corrected chi connectivity index (χ0v) is 5.52. The quantitative estimate of drug-likeness (QED) is 0.535. The minimum absolute atomic E-state index is 0.0187. The third kappa shape index (κ3) is 1.88. The standard InChI is InChI=1S/C6H12N2O2/c1-10-6(9)8-5-2-3-7-4-5/h5,7H,2-4H2,1H3,(H,8,9)/t5-/m0/s1/i1D3. The van der Waals surface area contributed by atoms with E-state index >= 15 is 0 Å². The van der Waals surface area contributed by atoms with Crippen LogP contribution in [0, 0.1) is 0 Å². The first-order valence-corrected chi connectivity index (χ1v) is 3.17. The van der Waals surface area contributed by atoms with Gasteiger partial charge in [0.05, 0.1) is 11.2 Å². The maximum atomic E-state index is 10.9. The van der Waals surface area contributed by atoms with Crippen LogP contribution in [0.1, 0.15) is 10.5 Å². The van der Waals surface area contributed by atoms with Crippen LogP contribution < -0.4 is 10.6 Å². The minimum Gasteiger partial charge on any atom is -0.453 e. The van der Waals surface area contributed by atoms with Gasteiger partial charge in [-0.2, -0.15) is 0 Å². The smallest absolute Gasteiger partial charge is 0.407 e. The molecule has 0 bridgehead atoms. The van der Waals surface area contributed by atoms with Crippen molar-refractivity contribution in [3.05, 3.63) is 0 Å². The highest BCUT2D eigenvalue weighted by molar-refractivity contribution is 5.67. The molecule has 2 N–H and O–H groups in total. The first kappa shape index (κ1) is 4.18. The lowest BCUT2D eigenvalue weighted by atomic mass is 10.3. The monoisotopic (exact) mass is 147 g/mol. The Hall–Kier alpha value is -0.770. The van der Waals surface area contributed by atoms with Crippen LogP contribution in [0.25, 0.3) is 0 Å². The maximum absolute atomic E-state index is 10.9. The molecule has 58 valence electrons. The van der Waals surface area contributed by atoms with E-state index in [-0.39, 0.29) is 6.04 Å². The molecule has 4 nitrogen and oxygen atoms in total. The van der Waals surface area contributed by atoms with Crippen molar-refractivity contribution < 1.29 is 13.6 Å². The van der Waals surface area contributed by atoms with E-state index in [1.165, 1.54) is 0 Å². The zero-order chi connectivity index (χ0) is 9.90. The minimum atomic E-state index is -2.66. The Morgan fingerprint density at radius 3 is 3.50 bits per heavy atom. The normalized spacial score (nSPS) is 30.0. The first-order chi connectivity index (χ1) is 5.97. The van der Waals surface area contributed by atoms with Gasteiger partial charge in [0.2, 0.25) is 0 Å². The Bertz CT molecular complexity index is 189. The van der Waals surface area contributed by atoms with Gasteiger partial charge in [-0.1, -0.05) is 0 Å². The maximum Gasteiger partial charge on any atom is 0.407 e. The van der Waals surface area contributed by atoms with Crippen LogP contribution in [0.5, 0.6) is 0 Å². The summed E-state index contributed by atoms with van der Waals surface area (Å²) in [5, 5.41) is 5.48. The molecule has 0 radical (unpaired) electrons. The first-order valence-electron chi connectivity index (χ1n) is 4.67. The number of hydrogen-bond donors (Lipinski definition) is 2. The van der Waals surface area contributed by atoms with Gasteiger partial charge >= 0.3 is 6.09 Å². The van der Waals surface area contributed by atoms with Crippen molar-refractivity contribution >= 4 is 6.09 Å². The largest absolute Gasteiger partial charge is 0.453 e. The van der Waals surface area contributed by atoms with E-state index in [0.29, 0.717) is 6.54 Å². The fraction of sp³-hybridized carbons (Fsp3) is 0.833. The van der Waals surface area contributed by atoms with Crippen molar-refractivity contribution in [1.82, 2.24) is 10.6 Å². The van der Waals surface area contributed by atoms with E-state index in [9.17, 15) is 4.79 Å². The summed E-state index contributed by atoms with van der Waals surface area (Å²) in [5.74, 6) is 0. The highest BCUT2D eigenvalue weighted by atomic mass is 16.5. The van der Waals surface area contributed by atoms with Gasteiger partial charge in [-0.05, 0) is 13.0 Å². The van der Waals surface area contributed by atoms with Crippen molar-refractivity contribution in [2.24, 2.45) is 0 Å². The number of alkyl carbamates (subject to hydrolysis) is 1. The number of amides is 1. The second-order valence-electron chi connectivity index (χ2n) is 2.22. The molecule has 0 aromatic rings.